The molecule has 1 amide bonds. The molecule has 1 saturated heterocycles. The van der Waals surface area contributed by atoms with Gasteiger partial charge >= 0.3 is 11.7 Å². The molecule has 0 saturated carbocycles. The average molecular weight is 359 g/mol. The van der Waals surface area contributed by atoms with Crippen LogP contribution >= 0.6 is 0 Å². The number of carbonyl (C=O) groups excluding carboxylic acids is 1. The lowest BCUT2D eigenvalue weighted by atomic mass is 10.0. The third kappa shape index (κ3) is 2.91. The van der Waals surface area contributed by atoms with Gasteiger partial charge < -0.3 is 15.0 Å². The molecule has 8 heteroatoms. The smallest absolute Gasteiger partial charge is 0.329 e. The lowest BCUT2D eigenvalue weighted by molar-refractivity contribution is -0.150. The molecule has 0 aliphatic carbocycles. The first-order chi connectivity index (χ1) is 12.3. The topological polar surface area (TPSA) is 112 Å². The number of aliphatic carboxylic acids is 1. The number of carboxylic acid groups (broad SMARTS) is 1. The molecule has 1 aliphatic heterocycles. The van der Waals surface area contributed by atoms with Crippen LogP contribution < -0.4 is 11.2 Å². The second-order valence-corrected chi connectivity index (χ2v) is 6.87. The molecule has 1 aliphatic rings. The van der Waals surface area contributed by atoms with Gasteiger partial charge in [-0.25, -0.2) is 14.2 Å². The number of hydrogen-bond donors (Lipinski definition) is 2. The standard InChI is InChI=1S/C18H21N3O5/c1-10(2)14(16(23)20-9-5-8-13(20)17(24)25)21-15(22)11-6-3-4-7-12(11)19-18(21)26/h3-4,6-7,10,13-14H,5,8-9H2,1-2H3,(H,19,26)(H,24,25)/t13-,14+/m1/s1. The number of likely N-dealkylation sites (tertiary alicyclic amines) is 1. The predicted molar refractivity (Wildman–Crippen MR) is 95.1 cm³/mol. The van der Waals surface area contributed by atoms with Crippen molar-refractivity contribution in [3.63, 3.8) is 0 Å². The number of carbonyl (C=O) groups is 2. The number of H-pyrrole nitrogens is 1. The van der Waals surface area contributed by atoms with Crippen molar-refractivity contribution in [3.8, 4) is 0 Å². The highest BCUT2D eigenvalue weighted by Crippen LogP contribution is 2.25. The first-order valence-corrected chi connectivity index (χ1v) is 8.59. The summed E-state index contributed by atoms with van der Waals surface area (Å²) in [5, 5.41) is 9.65. The SMILES string of the molecule is CC(C)[C@@H](C(=O)N1CCC[C@@H]1C(=O)O)n1c(=O)[nH]c2ccccc2c1=O. The van der Waals surface area contributed by atoms with Crippen molar-refractivity contribution in [2.24, 2.45) is 5.92 Å². The molecule has 2 N–H and O–H groups in total. The lowest BCUT2D eigenvalue weighted by Crippen LogP contribution is -2.50. The van der Waals surface area contributed by atoms with E-state index in [-0.39, 0.29) is 5.92 Å². The molecule has 0 spiro atoms. The van der Waals surface area contributed by atoms with Gasteiger partial charge in [0.1, 0.15) is 12.1 Å². The van der Waals surface area contributed by atoms with Crippen LogP contribution in [-0.4, -0.2) is 44.0 Å². The number of hydrogen-bond acceptors (Lipinski definition) is 4. The van der Waals surface area contributed by atoms with E-state index in [1.54, 1.807) is 38.1 Å². The fraction of sp³-hybridized carbons (Fsp3) is 0.444. The summed E-state index contributed by atoms with van der Waals surface area (Å²) in [7, 11) is 0. The highest BCUT2D eigenvalue weighted by molar-refractivity contribution is 5.87. The fourth-order valence-corrected chi connectivity index (χ4v) is 3.58. The molecule has 2 atom stereocenters. The fourth-order valence-electron chi connectivity index (χ4n) is 3.58. The molecule has 1 aromatic carbocycles. The van der Waals surface area contributed by atoms with Crippen LogP contribution in [0.5, 0.6) is 0 Å². The van der Waals surface area contributed by atoms with Gasteiger partial charge in [0.05, 0.1) is 10.9 Å². The van der Waals surface area contributed by atoms with Gasteiger partial charge in [-0.3, -0.25) is 9.59 Å². The molecule has 26 heavy (non-hydrogen) atoms. The van der Waals surface area contributed by atoms with Gasteiger partial charge in [0, 0.05) is 6.54 Å². The normalized spacial score (nSPS) is 18.4. The Morgan fingerprint density at radius 1 is 1.23 bits per heavy atom. The van der Waals surface area contributed by atoms with Crippen LogP contribution in [0.15, 0.2) is 33.9 Å². The quantitative estimate of drug-likeness (QED) is 0.844. The number of nitrogens with one attached hydrogen (secondary N) is 1. The van der Waals surface area contributed by atoms with Crippen molar-refractivity contribution < 1.29 is 14.7 Å². The van der Waals surface area contributed by atoms with E-state index in [1.165, 1.54) is 4.90 Å². The average Bonchev–Trinajstić information content (AvgIpc) is 3.07. The molecule has 8 nitrogen and oxygen atoms in total. The molecule has 2 aromatic rings. The van der Waals surface area contributed by atoms with Gasteiger partial charge in [-0.1, -0.05) is 26.0 Å². The van der Waals surface area contributed by atoms with Crippen LogP contribution in [-0.2, 0) is 9.59 Å². The van der Waals surface area contributed by atoms with Crippen LogP contribution in [0.4, 0.5) is 0 Å². The summed E-state index contributed by atoms with van der Waals surface area (Å²) < 4.78 is 0.923. The van der Waals surface area contributed by atoms with Crippen LogP contribution in [0.3, 0.4) is 0 Å². The van der Waals surface area contributed by atoms with Crippen molar-refractivity contribution in [1.29, 1.82) is 0 Å². The van der Waals surface area contributed by atoms with Gasteiger partial charge in [0.2, 0.25) is 5.91 Å². The van der Waals surface area contributed by atoms with Crippen molar-refractivity contribution in [1.82, 2.24) is 14.5 Å². The maximum atomic E-state index is 13.1. The molecule has 0 unspecified atom stereocenters. The van der Waals surface area contributed by atoms with E-state index < -0.39 is 35.2 Å². The number of benzene rings is 1. The number of aromatic amines is 1. The molecule has 1 aromatic heterocycles. The Kier molecular flexibility index (Phi) is 4.67. The van der Waals surface area contributed by atoms with E-state index in [0.29, 0.717) is 30.3 Å². The van der Waals surface area contributed by atoms with Gasteiger partial charge in [0.15, 0.2) is 0 Å². The molecular formula is C18H21N3O5. The van der Waals surface area contributed by atoms with Crippen molar-refractivity contribution in [3.05, 3.63) is 45.1 Å². The van der Waals surface area contributed by atoms with Gasteiger partial charge in [-0.15, -0.1) is 0 Å². The predicted octanol–water partition coefficient (Wildman–Crippen LogP) is 0.962. The maximum absolute atomic E-state index is 13.1. The van der Waals surface area contributed by atoms with E-state index in [9.17, 15) is 24.3 Å². The zero-order valence-electron chi connectivity index (χ0n) is 14.6. The Hall–Kier alpha value is -2.90. The monoisotopic (exact) mass is 359 g/mol. The van der Waals surface area contributed by atoms with Gasteiger partial charge in [-0.05, 0) is 30.9 Å². The summed E-state index contributed by atoms with van der Waals surface area (Å²) in [6.07, 6.45) is 0.950. The van der Waals surface area contributed by atoms with E-state index in [2.05, 4.69) is 4.98 Å². The molecule has 0 bridgehead atoms. The minimum atomic E-state index is -1.07. The third-order valence-electron chi connectivity index (χ3n) is 4.82. The summed E-state index contributed by atoms with van der Waals surface area (Å²) in [4.78, 5) is 53.9. The zero-order valence-corrected chi connectivity index (χ0v) is 14.6. The highest BCUT2D eigenvalue weighted by Gasteiger charge is 2.39. The van der Waals surface area contributed by atoms with E-state index in [4.69, 9.17) is 0 Å². The Labute approximate surface area is 149 Å². The summed E-state index contributed by atoms with van der Waals surface area (Å²) >= 11 is 0. The molecule has 3 rings (SSSR count). The summed E-state index contributed by atoms with van der Waals surface area (Å²) in [5.74, 6) is -1.94. The Bertz CT molecular complexity index is 975. The minimum absolute atomic E-state index is 0.305. The molecular weight excluding hydrogens is 338 g/mol. The minimum Gasteiger partial charge on any atom is -0.480 e. The largest absolute Gasteiger partial charge is 0.480 e. The van der Waals surface area contributed by atoms with Crippen LogP contribution in [0.2, 0.25) is 0 Å². The van der Waals surface area contributed by atoms with Crippen LogP contribution in [0, 0.1) is 5.92 Å². The first kappa shape index (κ1) is 17.9. The molecule has 1 fully saturated rings. The second-order valence-electron chi connectivity index (χ2n) is 6.87. The number of rotatable bonds is 4. The Morgan fingerprint density at radius 3 is 2.58 bits per heavy atom. The number of fused-ring (bicyclic) bond motifs is 1. The van der Waals surface area contributed by atoms with E-state index >= 15 is 0 Å². The summed E-state index contributed by atoms with van der Waals surface area (Å²) in [6, 6.07) is 4.61. The Morgan fingerprint density at radius 2 is 1.92 bits per heavy atom. The zero-order chi connectivity index (χ0) is 19.0. The number of amides is 1. The van der Waals surface area contributed by atoms with Crippen LogP contribution in [0.25, 0.3) is 10.9 Å². The van der Waals surface area contributed by atoms with E-state index in [1.807, 2.05) is 0 Å². The number of nitrogens with zero attached hydrogens (tertiary/aromatic N) is 2. The summed E-state index contributed by atoms with van der Waals surface area (Å²) in [5.41, 5.74) is -0.826. The first-order valence-electron chi connectivity index (χ1n) is 8.59. The number of aromatic nitrogens is 2. The second kappa shape index (κ2) is 6.78. The van der Waals surface area contributed by atoms with Crippen molar-refractivity contribution in [2.45, 2.75) is 38.8 Å². The van der Waals surface area contributed by atoms with Gasteiger partial charge in [0.25, 0.3) is 5.56 Å². The maximum Gasteiger partial charge on any atom is 0.329 e. The molecule has 0 radical (unpaired) electrons. The summed E-state index contributed by atoms with van der Waals surface area (Å²) in [6.45, 7) is 3.77. The number of para-hydroxylation sites is 1. The number of carboxylic acids is 1. The molecule has 2 heterocycles. The highest BCUT2D eigenvalue weighted by atomic mass is 16.4. The molecule has 138 valence electrons. The van der Waals surface area contributed by atoms with E-state index in [0.717, 1.165) is 4.57 Å². The lowest BCUT2D eigenvalue weighted by Gasteiger charge is -2.29. The van der Waals surface area contributed by atoms with Crippen molar-refractivity contribution >= 4 is 22.8 Å². The third-order valence-corrected chi connectivity index (χ3v) is 4.82. The Balaban J connectivity index is 2.14. The van der Waals surface area contributed by atoms with Crippen molar-refractivity contribution in [2.75, 3.05) is 6.54 Å². The van der Waals surface area contributed by atoms with Crippen LogP contribution in [0.1, 0.15) is 32.7 Å². The van der Waals surface area contributed by atoms with Gasteiger partial charge in [-0.2, -0.15) is 0 Å².